The fourth-order valence-electron chi connectivity index (χ4n) is 3.07. The number of benzene rings is 2. The lowest BCUT2D eigenvalue weighted by Gasteiger charge is -2.34. The van der Waals surface area contributed by atoms with E-state index in [1.807, 2.05) is 0 Å². The largest absolute Gasteiger partial charge is 0.373 e. The van der Waals surface area contributed by atoms with Crippen LogP contribution in [0.15, 0.2) is 41.3 Å². The number of morpholine rings is 1. The topological polar surface area (TPSA) is 75.7 Å². The van der Waals surface area contributed by atoms with Gasteiger partial charge in [-0.25, -0.2) is 21.6 Å². The van der Waals surface area contributed by atoms with E-state index in [2.05, 4.69) is 5.32 Å². The Balaban J connectivity index is 1.77. The smallest absolute Gasteiger partial charge is 0.255 e. The monoisotopic (exact) mass is 428 g/mol. The van der Waals surface area contributed by atoms with Gasteiger partial charge in [-0.05, 0) is 50.2 Å². The van der Waals surface area contributed by atoms with Crippen LogP contribution in [-0.2, 0) is 14.8 Å². The molecule has 0 radical (unpaired) electrons. The highest BCUT2D eigenvalue weighted by Gasteiger charge is 2.32. The summed E-state index contributed by atoms with van der Waals surface area (Å²) in [5.41, 5.74) is -0.501. The van der Waals surface area contributed by atoms with Crippen molar-refractivity contribution in [1.29, 1.82) is 0 Å². The fourth-order valence-corrected chi connectivity index (χ4v) is 4.66. The van der Waals surface area contributed by atoms with Crippen molar-refractivity contribution in [2.75, 3.05) is 18.4 Å². The molecule has 1 heterocycles. The van der Waals surface area contributed by atoms with Gasteiger partial charge in [0.15, 0.2) is 17.5 Å². The van der Waals surface area contributed by atoms with Crippen LogP contribution in [0, 0.1) is 17.5 Å². The Morgan fingerprint density at radius 1 is 1.00 bits per heavy atom. The molecule has 3 rings (SSSR count). The van der Waals surface area contributed by atoms with Crippen LogP contribution in [0.25, 0.3) is 0 Å². The van der Waals surface area contributed by atoms with E-state index in [0.29, 0.717) is 6.07 Å². The molecule has 0 bridgehead atoms. The Kier molecular flexibility index (Phi) is 5.97. The number of hydrogen-bond acceptors (Lipinski definition) is 4. The Labute approximate surface area is 166 Å². The minimum absolute atomic E-state index is 0.00522. The van der Waals surface area contributed by atoms with E-state index in [0.717, 1.165) is 6.07 Å². The molecule has 2 aromatic carbocycles. The lowest BCUT2D eigenvalue weighted by atomic mass is 10.2. The third-order valence-electron chi connectivity index (χ3n) is 4.42. The van der Waals surface area contributed by atoms with Crippen LogP contribution in [0.1, 0.15) is 24.2 Å². The Bertz CT molecular complexity index is 1020. The number of rotatable bonds is 4. The molecule has 1 fully saturated rings. The number of halogens is 3. The second kappa shape index (κ2) is 8.13. The number of nitrogens with zero attached hydrogens (tertiary/aromatic N) is 1. The average Bonchev–Trinajstić information content (AvgIpc) is 2.67. The van der Waals surface area contributed by atoms with Crippen molar-refractivity contribution in [1.82, 2.24) is 4.31 Å². The van der Waals surface area contributed by atoms with Crippen molar-refractivity contribution >= 4 is 21.6 Å². The summed E-state index contributed by atoms with van der Waals surface area (Å²) in [4.78, 5) is 12.2. The molecule has 2 unspecified atom stereocenters. The Hall–Kier alpha value is -2.43. The van der Waals surface area contributed by atoms with Crippen molar-refractivity contribution in [3.8, 4) is 0 Å². The minimum Gasteiger partial charge on any atom is -0.373 e. The van der Waals surface area contributed by atoms with Crippen LogP contribution in [0.3, 0.4) is 0 Å². The van der Waals surface area contributed by atoms with E-state index >= 15 is 0 Å². The number of carbonyl (C=O) groups is 1. The Morgan fingerprint density at radius 2 is 1.59 bits per heavy atom. The van der Waals surface area contributed by atoms with E-state index < -0.39 is 39.1 Å². The number of hydrogen-bond donors (Lipinski definition) is 1. The van der Waals surface area contributed by atoms with Gasteiger partial charge in [-0.2, -0.15) is 4.31 Å². The van der Waals surface area contributed by atoms with Crippen LogP contribution >= 0.6 is 0 Å². The highest BCUT2D eigenvalue weighted by Crippen LogP contribution is 2.23. The molecule has 0 aromatic heterocycles. The van der Waals surface area contributed by atoms with Crippen LogP contribution in [0.2, 0.25) is 0 Å². The summed E-state index contributed by atoms with van der Waals surface area (Å²) < 4.78 is 72.4. The number of amides is 1. The summed E-state index contributed by atoms with van der Waals surface area (Å²) in [5, 5.41) is 2.13. The zero-order valence-electron chi connectivity index (χ0n) is 15.7. The maximum atomic E-state index is 13.7. The van der Waals surface area contributed by atoms with E-state index in [9.17, 15) is 26.4 Å². The molecule has 0 spiro atoms. The van der Waals surface area contributed by atoms with Crippen LogP contribution in [0.4, 0.5) is 18.9 Å². The molecule has 1 aliphatic heterocycles. The van der Waals surface area contributed by atoms with E-state index in [1.165, 1.54) is 28.6 Å². The molecule has 6 nitrogen and oxygen atoms in total. The molecular weight excluding hydrogens is 409 g/mol. The molecule has 156 valence electrons. The van der Waals surface area contributed by atoms with Crippen molar-refractivity contribution in [3.05, 3.63) is 59.4 Å². The number of carbonyl (C=O) groups excluding carboxylic acids is 1. The first-order valence-electron chi connectivity index (χ1n) is 8.80. The first kappa shape index (κ1) is 21.3. The average molecular weight is 428 g/mol. The SMILES string of the molecule is CC1CN(S(=O)(=O)c2ccc(C(=O)Nc3ccc(F)c(F)c3F)cc2)CC(C)O1. The Morgan fingerprint density at radius 3 is 2.17 bits per heavy atom. The van der Waals surface area contributed by atoms with Crippen LogP contribution in [0.5, 0.6) is 0 Å². The van der Waals surface area contributed by atoms with E-state index in [1.54, 1.807) is 13.8 Å². The summed E-state index contributed by atoms with van der Waals surface area (Å²) in [7, 11) is -3.78. The molecule has 0 saturated carbocycles. The van der Waals surface area contributed by atoms with Gasteiger partial charge in [-0.3, -0.25) is 4.79 Å². The molecule has 10 heteroatoms. The zero-order chi connectivity index (χ0) is 21.3. The van der Waals surface area contributed by atoms with Gasteiger partial charge < -0.3 is 10.1 Å². The lowest BCUT2D eigenvalue weighted by Crippen LogP contribution is -2.48. The minimum atomic E-state index is -3.78. The van der Waals surface area contributed by atoms with E-state index in [-0.39, 0.29) is 35.8 Å². The normalized spacial score (nSPS) is 20.4. The predicted molar refractivity (Wildman–Crippen MR) is 99.5 cm³/mol. The number of ether oxygens (including phenoxy) is 1. The van der Waals surface area contributed by atoms with Gasteiger partial charge in [0, 0.05) is 18.7 Å². The van der Waals surface area contributed by atoms with Gasteiger partial charge in [0.2, 0.25) is 10.0 Å². The number of sulfonamides is 1. The van der Waals surface area contributed by atoms with Gasteiger partial charge in [-0.1, -0.05) is 0 Å². The zero-order valence-corrected chi connectivity index (χ0v) is 16.5. The van der Waals surface area contributed by atoms with Crippen molar-refractivity contribution in [2.45, 2.75) is 31.0 Å². The van der Waals surface area contributed by atoms with Crippen LogP contribution in [-0.4, -0.2) is 43.9 Å². The van der Waals surface area contributed by atoms with Gasteiger partial charge in [0.25, 0.3) is 5.91 Å². The predicted octanol–water partition coefficient (Wildman–Crippen LogP) is 3.15. The highest BCUT2D eigenvalue weighted by molar-refractivity contribution is 7.89. The molecule has 1 aliphatic rings. The highest BCUT2D eigenvalue weighted by atomic mass is 32.2. The molecule has 0 aliphatic carbocycles. The standard InChI is InChI=1S/C19H19F3N2O4S/c1-11-9-24(10-12(2)28-11)29(26,27)14-5-3-13(4-6-14)19(25)23-16-8-7-15(20)17(21)18(16)22/h3-8,11-12H,9-10H2,1-2H3,(H,23,25). The van der Waals surface area contributed by atoms with Crippen molar-refractivity contribution in [3.63, 3.8) is 0 Å². The van der Waals surface area contributed by atoms with Crippen molar-refractivity contribution in [2.24, 2.45) is 0 Å². The third-order valence-corrected chi connectivity index (χ3v) is 6.27. The summed E-state index contributed by atoms with van der Waals surface area (Å²) >= 11 is 0. The van der Waals surface area contributed by atoms with Crippen LogP contribution < -0.4 is 5.32 Å². The molecule has 29 heavy (non-hydrogen) atoms. The number of anilines is 1. The van der Waals surface area contributed by atoms with Gasteiger partial charge in [-0.15, -0.1) is 0 Å². The maximum absolute atomic E-state index is 13.7. The van der Waals surface area contributed by atoms with Gasteiger partial charge in [0.05, 0.1) is 22.8 Å². The second-order valence-corrected chi connectivity index (χ2v) is 8.72. The molecule has 1 N–H and O–H groups in total. The summed E-state index contributed by atoms with van der Waals surface area (Å²) in [6.07, 6.45) is -0.492. The molecular formula is C19H19F3N2O4S. The molecule has 2 atom stereocenters. The quantitative estimate of drug-likeness (QED) is 0.760. The summed E-state index contributed by atoms with van der Waals surface area (Å²) in [5.74, 6) is -5.39. The first-order valence-corrected chi connectivity index (χ1v) is 10.2. The first-order chi connectivity index (χ1) is 13.6. The third kappa shape index (κ3) is 4.44. The summed E-state index contributed by atoms with van der Waals surface area (Å²) in [6.45, 7) is 3.99. The molecule has 1 amide bonds. The van der Waals surface area contributed by atoms with E-state index in [4.69, 9.17) is 4.74 Å². The molecule has 1 saturated heterocycles. The maximum Gasteiger partial charge on any atom is 0.255 e. The fraction of sp³-hybridized carbons (Fsp3) is 0.316. The lowest BCUT2D eigenvalue weighted by molar-refractivity contribution is -0.0440. The second-order valence-electron chi connectivity index (χ2n) is 6.78. The number of nitrogens with one attached hydrogen (secondary N) is 1. The van der Waals surface area contributed by atoms with Gasteiger partial charge >= 0.3 is 0 Å². The van der Waals surface area contributed by atoms with Crippen molar-refractivity contribution < 1.29 is 31.1 Å². The van der Waals surface area contributed by atoms with Gasteiger partial charge in [0.1, 0.15) is 0 Å². The molecule has 2 aromatic rings. The summed E-state index contributed by atoms with van der Waals surface area (Å²) in [6, 6.07) is 6.62.